The van der Waals surface area contributed by atoms with E-state index >= 15 is 0 Å². The first-order valence-electron chi connectivity index (χ1n) is 7.10. The van der Waals surface area contributed by atoms with E-state index in [1.165, 1.54) is 6.07 Å². The number of nitro benzene ring substituents is 1. The van der Waals surface area contributed by atoms with E-state index in [1.54, 1.807) is 18.3 Å². The lowest BCUT2D eigenvalue weighted by Crippen LogP contribution is -2.47. The molecule has 6 nitrogen and oxygen atoms in total. The number of halogens is 2. The van der Waals surface area contributed by atoms with Crippen molar-refractivity contribution in [2.45, 2.75) is 0 Å². The van der Waals surface area contributed by atoms with Crippen LogP contribution in [0.4, 0.5) is 17.2 Å². The minimum Gasteiger partial charge on any atom is -0.362 e. The summed E-state index contributed by atoms with van der Waals surface area (Å²) in [5, 5.41) is 11.9. The highest BCUT2D eigenvalue weighted by Gasteiger charge is 2.25. The van der Waals surface area contributed by atoms with E-state index in [1.807, 2.05) is 17.0 Å². The third-order valence-electron chi connectivity index (χ3n) is 3.79. The SMILES string of the molecule is O=[N+]([O-])c1cc(Br)ccc1N1CCN(c2ncccc2Cl)CC1. The van der Waals surface area contributed by atoms with Crippen molar-refractivity contribution in [3.8, 4) is 0 Å². The maximum absolute atomic E-state index is 11.3. The zero-order valence-corrected chi connectivity index (χ0v) is 14.5. The van der Waals surface area contributed by atoms with Gasteiger partial charge in [0.25, 0.3) is 5.69 Å². The number of aromatic nitrogens is 1. The van der Waals surface area contributed by atoms with E-state index in [0.29, 0.717) is 41.4 Å². The lowest BCUT2D eigenvalue weighted by molar-refractivity contribution is -0.384. The molecule has 1 aliphatic heterocycles. The van der Waals surface area contributed by atoms with Crippen LogP contribution in [0, 0.1) is 10.1 Å². The number of hydrogen-bond acceptors (Lipinski definition) is 5. The first-order valence-corrected chi connectivity index (χ1v) is 8.27. The van der Waals surface area contributed by atoms with Gasteiger partial charge in [0.1, 0.15) is 11.5 Å². The summed E-state index contributed by atoms with van der Waals surface area (Å²) in [5.41, 5.74) is 0.758. The van der Waals surface area contributed by atoms with Gasteiger partial charge in [0.15, 0.2) is 0 Å². The van der Waals surface area contributed by atoms with Crippen molar-refractivity contribution >= 4 is 44.7 Å². The van der Waals surface area contributed by atoms with Gasteiger partial charge >= 0.3 is 0 Å². The first-order chi connectivity index (χ1) is 11.1. The molecule has 0 amide bonds. The molecule has 3 rings (SSSR count). The molecule has 0 aliphatic carbocycles. The average Bonchev–Trinajstić information content (AvgIpc) is 2.55. The van der Waals surface area contributed by atoms with E-state index < -0.39 is 0 Å². The molecule has 0 saturated carbocycles. The van der Waals surface area contributed by atoms with Gasteiger partial charge in [0.05, 0.1) is 9.95 Å². The monoisotopic (exact) mass is 396 g/mol. The highest BCUT2D eigenvalue weighted by Crippen LogP contribution is 2.32. The van der Waals surface area contributed by atoms with Crippen LogP contribution in [0.2, 0.25) is 5.02 Å². The van der Waals surface area contributed by atoms with E-state index in [-0.39, 0.29) is 10.6 Å². The van der Waals surface area contributed by atoms with Crippen LogP contribution < -0.4 is 9.80 Å². The van der Waals surface area contributed by atoms with Crippen LogP contribution in [-0.2, 0) is 0 Å². The molecular formula is C15H14BrClN4O2. The number of anilines is 2. The molecular weight excluding hydrogens is 384 g/mol. The van der Waals surface area contributed by atoms with Crippen molar-refractivity contribution in [1.82, 2.24) is 4.98 Å². The molecule has 8 heteroatoms. The Morgan fingerprint density at radius 1 is 1.17 bits per heavy atom. The fraction of sp³-hybridized carbons (Fsp3) is 0.267. The van der Waals surface area contributed by atoms with E-state index in [9.17, 15) is 10.1 Å². The minimum atomic E-state index is -0.345. The Balaban J connectivity index is 1.77. The fourth-order valence-corrected chi connectivity index (χ4v) is 3.27. The van der Waals surface area contributed by atoms with Gasteiger partial charge in [-0.1, -0.05) is 27.5 Å². The maximum atomic E-state index is 11.3. The quantitative estimate of drug-likeness (QED) is 0.583. The van der Waals surface area contributed by atoms with Gasteiger partial charge in [-0.15, -0.1) is 0 Å². The van der Waals surface area contributed by atoms with Crippen molar-refractivity contribution in [3.05, 3.63) is 56.1 Å². The third kappa shape index (κ3) is 3.40. The topological polar surface area (TPSA) is 62.5 Å². The Kier molecular flexibility index (Phi) is 4.68. The van der Waals surface area contributed by atoms with Gasteiger partial charge in [-0.25, -0.2) is 4.98 Å². The smallest absolute Gasteiger partial charge is 0.293 e. The second-order valence-corrected chi connectivity index (χ2v) is 6.50. The molecule has 0 atom stereocenters. The zero-order valence-electron chi connectivity index (χ0n) is 12.2. The number of piperazine rings is 1. The molecule has 0 N–H and O–H groups in total. The van der Waals surface area contributed by atoms with Gasteiger partial charge in [0, 0.05) is 42.9 Å². The minimum absolute atomic E-state index is 0.115. The largest absolute Gasteiger partial charge is 0.362 e. The second kappa shape index (κ2) is 6.72. The molecule has 0 spiro atoms. The summed E-state index contributed by atoms with van der Waals surface area (Å²) in [6, 6.07) is 8.76. The summed E-state index contributed by atoms with van der Waals surface area (Å²) < 4.78 is 0.701. The van der Waals surface area contributed by atoms with Crippen LogP contribution in [0.15, 0.2) is 41.0 Å². The van der Waals surface area contributed by atoms with Crippen molar-refractivity contribution in [2.24, 2.45) is 0 Å². The number of benzene rings is 1. The summed E-state index contributed by atoms with van der Waals surface area (Å²) in [6.45, 7) is 2.78. The zero-order chi connectivity index (χ0) is 16.4. The van der Waals surface area contributed by atoms with Crippen LogP contribution >= 0.6 is 27.5 Å². The number of rotatable bonds is 3. The highest BCUT2D eigenvalue weighted by molar-refractivity contribution is 9.10. The summed E-state index contributed by atoms with van der Waals surface area (Å²) in [5.74, 6) is 0.763. The Bertz CT molecular complexity index is 735. The predicted molar refractivity (Wildman–Crippen MR) is 94.5 cm³/mol. The van der Waals surface area contributed by atoms with E-state index in [0.717, 1.165) is 5.82 Å². The first kappa shape index (κ1) is 16.0. The summed E-state index contributed by atoms with van der Waals surface area (Å²) in [7, 11) is 0. The third-order valence-corrected chi connectivity index (χ3v) is 4.58. The van der Waals surface area contributed by atoms with Crippen LogP contribution in [0.25, 0.3) is 0 Å². The molecule has 1 aromatic carbocycles. The summed E-state index contributed by atoms with van der Waals surface area (Å²) in [4.78, 5) is 19.4. The van der Waals surface area contributed by atoms with Gasteiger partial charge in [-0.3, -0.25) is 10.1 Å². The summed E-state index contributed by atoms with van der Waals surface area (Å²) >= 11 is 9.47. The normalized spacial score (nSPS) is 14.9. The predicted octanol–water partition coefficient (Wildman–Crippen LogP) is 3.73. The molecule has 120 valence electrons. The number of nitro groups is 1. The van der Waals surface area contributed by atoms with Gasteiger partial charge in [0.2, 0.25) is 0 Å². The molecule has 0 bridgehead atoms. The maximum Gasteiger partial charge on any atom is 0.293 e. The second-order valence-electron chi connectivity index (χ2n) is 5.17. The molecule has 23 heavy (non-hydrogen) atoms. The summed E-state index contributed by atoms with van der Waals surface area (Å²) in [6.07, 6.45) is 1.72. The fourth-order valence-electron chi connectivity index (χ4n) is 2.68. The Morgan fingerprint density at radius 3 is 2.52 bits per heavy atom. The molecule has 2 aromatic rings. The number of pyridine rings is 1. The molecule has 1 saturated heterocycles. The lowest BCUT2D eigenvalue weighted by atomic mass is 10.2. The average molecular weight is 398 g/mol. The van der Waals surface area contributed by atoms with Crippen LogP contribution in [0.3, 0.4) is 0 Å². The van der Waals surface area contributed by atoms with Crippen molar-refractivity contribution in [2.75, 3.05) is 36.0 Å². The standard InChI is InChI=1S/C15H14BrClN4O2/c16-11-3-4-13(14(10-11)21(22)23)19-6-8-20(9-7-19)15-12(17)2-1-5-18-15/h1-5,10H,6-9H2. The van der Waals surface area contributed by atoms with Gasteiger partial charge in [-0.2, -0.15) is 0 Å². The van der Waals surface area contributed by atoms with E-state index in [2.05, 4.69) is 25.8 Å². The van der Waals surface area contributed by atoms with Crippen LogP contribution in [-0.4, -0.2) is 36.1 Å². The van der Waals surface area contributed by atoms with Crippen molar-refractivity contribution < 1.29 is 4.92 Å². The van der Waals surface area contributed by atoms with Crippen molar-refractivity contribution in [1.29, 1.82) is 0 Å². The Morgan fingerprint density at radius 2 is 1.87 bits per heavy atom. The van der Waals surface area contributed by atoms with Crippen LogP contribution in [0.1, 0.15) is 0 Å². The molecule has 1 aromatic heterocycles. The Labute approximate surface area is 147 Å². The Hall–Kier alpha value is -1.86. The lowest BCUT2D eigenvalue weighted by Gasteiger charge is -2.36. The van der Waals surface area contributed by atoms with Gasteiger partial charge < -0.3 is 9.80 Å². The number of hydrogen-bond donors (Lipinski definition) is 0. The highest BCUT2D eigenvalue weighted by atomic mass is 79.9. The van der Waals surface area contributed by atoms with Gasteiger partial charge in [-0.05, 0) is 24.3 Å². The van der Waals surface area contributed by atoms with Crippen LogP contribution in [0.5, 0.6) is 0 Å². The van der Waals surface area contributed by atoms with E-state index in [4.69, 9.17) is 11.6 Å². The number of nitrogens with zero attached hydrogens (tertiary/aromatic N) is 4. The van der Waals surface area contributed by atoms with Crippen molar-refractivity contribution in [3.63, 3.8) is 0 Å². The molecule has 1 fully saturated rings. The molecule has 1 aliphatic rings. The molecule has 0 radical (unpaired) electrons. The molecule has 2 heterocycles. The molecule has 0 unspecified atom stereocenters.